The van der Waals surface area contributed by atoms with Crippen molar-refractivity contribution in [1.82, 2.24) is 10.1 Å². The van der Waals surface area contributed by atoms with Crippen LogP contribution in [-0.4, -0.2) is 10.1 Å². The third-order valence-electron chi connectivity index (χ3n) is 1.70. The SMILES string of the molecule is [2H]c1c(-c2ncon2)cccc1C(F)(F)F. The van der Waals surface area contributed by atoms with Crippen LogP contribution in [-0.2, 0) is 6.18 Å². The first kappa shape index (κ1) is 8.46. The second kappa shape index (κ2) is 3.38. The first-order valence-corrected chi connectivity index (χ1v) is 3.93. The highest BCUT2D eigenvalue weighted by atomic mass is 19.4. The van der Waals surface area contributed by atoms with Crippen LogP contribution in [0.3, 0.4) is 0 Å². The Morgan fingerprint density at radius 1 is 1.33 bits per heavy atom. The van der Waals surface area contributed by atoms with E-state index in [0.717, 1.165) is 12.5 Å². The average Bonchev–Trinajstić information content (AvgIpc) is 2.69. The lowest BCUT2D eigenvalue weighted by atomic mass is 10.1. The van der Waals surface area contributed by atoms with Crippen molar-refractivity contribution >= 4 is 0 Å². The molecule has 6 heteroatoms. The smallest absolute Gasteiger partial charge is 0.342 e. The normalized spacial score (nSPS) is 12.6. The van der Waals surface area contributed by atoms with Gasteiger partial charge in [0.15, 0.2) is 0 Å². The molecule has 15 heavy (non-hydrogen) atoms. The maximum Gasteiger partial charge on any atom is 0.416 e. The molecule has 0 aliphatic rings. The minimum absolute atomic E-state index is 0.0106. The molecule has 0 radical (unpaired) electrons. The van der Waals surface area contributed by atoms with Crippen LogP contribution in [0.15, 0.2) is 35.2 Å². The van der Waals surface area contributed by atoms with Crippen LogP contribution in [0.5, 0.6) is 0 Å². The molecule has 0 saturated carbocycles. The van der Waals surface area contributed by atoms with Crippen molar-refractivity contribution in [3.05, 3.63) is 36.2 Å². The second-order valence-electron chi connectivity index (χ2n) is 2.73. The predicted octanol–water partition coefficient (Wildman–Crippen LogP) is 2.76. The summed E-state index contributed by atoms with van der Waals surface area (Å²) in [6.45, 7) is 0. The lowest BCUT2D eigenvalue weighted by molar-refractivity contribution is -0.137. The van der Waals surface area contributed by atoms with Gasteiger partial charge >= 0.3 is 6.18 Å². The minimum atomic E-state index is -4.56. The number of hydrogen-bond donors (Lipinski definition) is 0. The molecule has 1 aromatic heterocycles. The van der Waals surface area contributed by atoms with Crippen LogP contribution in [0.1, 0.15) is 6.93 Å². The van der Waals surface area contributed by atoms with Gasteiger partial charge in [0, 0.05) is 5.56 Å². The third-order valence-corrected chi connectivity index (χ3v) is 1.70. The Hall–Kier alpha value is -1.85. The van der Waals surface area contributed by atoms with E-state index in [2.05, 4.69) is 14.7 Å². The van der Waals surface area contributed by atoms with Gasteiger partial charge in [-0.05, 0) is 12.1 Å². The highest BCUT2D eigenvalue weighted by molar-refractivity contribution is 5.55. The predicted molar refractivity (Wildman–Crippen MR) is 44.7 cm³/mol. The molecule has 3 nitrogen and oxygen atoms in total. The van der Waals surface area contributed by atoms with Crippen molar-refractivity contribution in [2.45, 2.75) is 6.18 Å². The fourth-order valence-corrected chi connectivity index (χ4v) is 1.05. The van der Waals surface area contributed by atoms with E-state index in [-0.39, 0.29) is 11.4 Å². The molecular weight excluding hydrogens is 209 g/mol. The van der Waals surface area contributed by atoms with Gasteiger partial charge in [-0.2, -0.15) is 18.2 Å². The molecular formula is C9H5F3N2O. The topological polar surface area (TPSA) is 38.9 Å². The van der Waals surface area contributed by atoms with Crippen molar-refractivity contribution in [2.24, 2.45) is 0 Å². The number of alkyl halides is 3. The molecule has 0 spiro atoms. The van der Waals surface area contributed by atoms with Crippen LogP contribution in [0.4, 0.5) is 13.2 Å². The van der Waals surface area contributed by atoms with E-state index in [4.69, 9.17) is 1.37 Å². The number of aromatic nitrogens is 2. The Balaban J connectivity index is 2.58. The zero-order valence-electron chi connectivity index (χ0n) is 8.25. The zero-order valence-corrected chi connectivity index (χ0v) is 7.25. The van der Waals surface area contributed by atoms with Crippen LogP contribution >= 0.6 is 0 Å². The van der Waals surface area contributed by atoms with Crippen LogP contribution in [0, 0.1) is 0 Å². The molecule has 0 unspecified atom stereocenters. The fourth-order valence-electron chi connectivity index (χ4n) is 1.05. The van der Waals surface area contributed by atoms with Crippen molar-refractivity contribution < 1.29 is 19.1 Å². The summed E-state index contributed by atoms with van der Waals surface area (Å²) in [4.78, 5) is 3.61. The number of nitrogens with zero attached hydrogens (tertiary/aromatic N) is 2. The quantitative estimate of drug-likeness (QED) is 0.734. The molecule has 1 heterocycles. The Labute approximate surface area is 83.9 Å². The van der Waals surface area contributed by atoms with E-state index in [1.165, 1.54) is 12.1 Å². The highest BCUT2D eigenvalue weighted by Crippen LogP contribution is 2.31. The lowest BCUT2D eigenvalue weighted by Crippen LogP contribution is -2.04. The Morgan fingerprint density at radius 2 is 2.13 bits per heavy atom. The molecule has 78 valence electrons. The summed E-state index contributed by atoms with van der Waals surface area (Å²) in [5.74, 6) is -0.0314. The van der Waals surface area contributed by atoms with Gasteiger partial charge < -0.3 is 4.52 Å². The van der Waals surface area contributed by atoms with E-state index in [1.54, 1.807) is 0 Å². The third kappa shape index (κ3) is 1.98. The Kier molecular flexibility index (Phi) is 1.90. The molecule has 0 aliphatic heterocycles. The Bertz CT molecular complexity index is 496. The van der Waals surface area contributed by atoms with Gasteiger partial charge in [0.25, 0.3) is 0 Å². The average molecular weight is 215 g/mol. The Morgan fingerprint density at radius 3 is 2.73 bits per heavy atom. The molecule has 2 rings (SSSR count). The van der Waals surface area contributed by atoms with Gasteiger partial charge in [0.05, 0.1) is 6.93 Å². The molecule has 0 N–H and O–H groups in total. The molecule has 0 saturated heterocycles. The standard InChI is InChI=1S/C9H5F3N2O/c10-9(11,12)7-3-1-2-6(4-7)8-13-5-15-14-8/h1-5H/i4D. The summed E-state index contributed by atoms with van der Waals surface area (Å²) >= 11 is 0. The van der Waals surface area contributed by atoms with Gasteiger partial charge in [-0.1, -0.05) is 17.3 Å². The van der Waals surface area contributed by atoms with Crippen LogP contribution in [0.25, 0.3) is 11.4 Å². The number of halogens is 3. The monoisotopic (exact) mass is 215 g/mol. The van der Waals surface area contributed by atoms with Crippen LogP contribution in [0.2, 0.25) is 0 Å². The van der Waals surface area contributed by atoms with E-state index >= 15 is 0 Å². The van der Waals surface area contributed by atoms with Gasteiger partial charge in [0.1, 0.15) is 0 Å². The second-order valence-corrected chi connectivity index (χ2v) is 2.73. The first-order chi connectivity index (χ1) is 7.50. The lowest BCUT2D eigenvalue weighted by Gasteiger charge is -2.06. The molecule has 0 fully saturated rings. The summed E-state index contributed by atoms with van der Waals surface area (Å²) in [6.07, 6.45) is -3.56. The van der Waals surface area contributed by atoms with Crippen molar-refractivity contribution in [2.75, 3.05) is 0 Å². The highest BCUT2D eigenvalue weighted by Gasteiger charge is 2.30. The minimum Gasteiger partial charge on any atom is -0.342 e. The fraction of sp³-hybridized carbons (Fsp3) is 0.111. The summed E-state index contributed by atoms with van der Waals surface area (Å²) < 4.78 is 49.3. The maximum atomic E-state index is 12.5. The summed E-state index contributed by atoms with van der Waals surface area (Å²) in [5, 5.41) is 3.40. The van der Waals surface area contributed by atoms with Gasteiger partial charge in [0.2, 0.25) is 12.2 Å². The molecule has 0 atom stereocenters. The number of hydrogen-bond acceptors (Lipinski definition) is 3. The van der Waals surface area contributed by atoms with Gasteiger partial charge in [-0.15, -0.1) is 0 Å². The molecule has 2 aromatic rings. The summed E-state index contributed by atoms with van der Waals surface area (Å²) in [6, 6.07) is 2.72. The van der Waals surface area contributed by atoms with Crippen molar-refractivity contribution in [3.63, 3.8) is 0 Å². The number of benzene rings is 1. The van der Waals surface area contributed by atoms with E-state index in [9.17, 15) is 13.2 Å². The van der Waals surface area contributed by atoms with E-state index in [1.807, 2.05) is 0 Å². The number of rotatable bonds is 1. The largest absolute Gasteiger partial charge is 0.416 e. The molecule has 0 amide bonds. The van der Waals surface area contributed by atoms with Crippen LogP contribution < -0.4 is 0 Å². The molecule has 0 aliphatic carbocycles. The van der Waals surface area contributed by atoms with E-state index in [0.29, 0.717) is 0 Å². The first-order valence-electron chi connectivity index (χ1n) is 4.43. The van der Waals surface area contributed by atoms with E-state index < -0.39 is 17.8 Å². The maximum absolute atomic E-state index is 12.5. The van der Waals surface area contributed by atoms with Crippen molar-refractivity contribution in [1.29, 1.82) is 0 Å². The summed E-state index contributed by atoms with van der Waals surface area (Å²) in [7, 11) is 0. The van der Waals surface area contributed by atoms with Gasteiger partial charge in [-0.25, -0.2) is 0 Å². The molecule has 1 aromatic carbocycles. The molecule has 0 bridgehead atoms. The van der Waals surface area contributed by atoms with Crippen molar-refractivity contribution in [3.8, 4) is 11.4 Å². The summed E-state index contributed by atoms with van der Waals surface area (Å²) in [5.41, 5.74) is -1.03. The van der Waals surface area contributed by atoms with Gasteiger partial charge in [-0.3, -0.25) is 0 Å². The zero-order chi connectivity index (χ0) is 11.8.